The maximum atomic E-state index is 12.0. The highest BCUT2D eigenvalue weighted by molar-refractivity contribution is 7.90. The molecule has 2 aromatic rings. The van der Waals surface area contributed by atoms with Gasteiger partial charge in [-0.3, -0.25) is 5.10 Å². The number of nitrogens with zero attached hydrogens (tertiary/aromatic N) is 1. The average Bonchev–Trinajstić information content (AvgIpc) is 3.25. The van der Waals surface area contributed by atoms with Gasteiger partial charge in [0.1, 0.15) is 6.10 Å². The topological polar surface area (TPSA) is 113 Å². The van der Waals surface area contributed by atoms with Crippen LogP contribution in [0.5, 0.6) is 0 Å². The van der Waals surface area contributed by atoms with Gasteiger partial charge in [-0.15, -0.1) is 0 Å². The number of amides is 1. The second kappa shape index (κ2) is 8.29. The predicted molar refractivity (Wildman–Crippen MR) is 114 cm³/mol. The number of carbonyl (C=O) groups excluding carboxylic acids is 1. The third-order valence-electron chi connectivity index (χ3n) is 5.67. The van der Waals surface area contributed by atoms with Crippen LogP contribution in [0.15, 0.2) is 24.3 Å². The lowest BCUT2D eigenvalue weighted by molar-refractivity contribution is 0.0697. The minimum atomic E-state index is -3.06. The molecule has 8 nitrogen and oxygen atoms in total. The first-order valence-electron chi connectivity index (χ1n) is 10.4. The molecule has 1 saturated carbocycles. The third-order valence-corrected chi connectivity index (χ3v) is 7.15. The molecule has 1 aromatic heterocycles. The Hall–Kier alpha value is -2.55. The fourth-order valence-electron chi connectivity index (χ4n) is 4.23. The van der Waals surface area contributed by atoms with Crippen molar-refractivity contribution >= 4 is 27.4 Å². The predicted octanol–water partition coefficient (Wildman–Crippen LogP) is 3.74. The number of hydrogen-bond acceptors (Lipinski definition) is 6. The highest BCUT2D eigenvalue weighted by Crippen LogP contribution is 2.36. The standard InChI is InChI=1S/C21H28N4O4S/c1-13(2)22-21(26)29-16-8-6-14(7-9-16)19-10-20(25-24-19)23-18-5-3-4-15-11-30(27,28)12-17(15)18/h3-5,10,13-14,16H,6-9,11-12H2,1-2H3,(H,22,26)(H2,23,24,25). The van der Waals surface area contributed by atoms with Crippen molar-refractivity contribution in [1.82, 2.24) is 15.5 Å². The quantitative estimate of drug-likeness (QED) is 0.663. The highest BCUT2D eigenvalue weighted by Gasteiger charge is 2.28. The molecule has 3 N–H and O–H groups in total. The van der Waals surface area contributed by atoms with Gasteiger partial charge in [-0.1, -0.05) is 12.1 Å². The van der Waals surface area contributed by atoms with Gasteiger partial charge in [0.2, 0.25) is 0 Å². The van der Waals surface area contributed by atoms with E-state index in [1.54, 1.807) is 0 Å². The number of nitrogens with one attached hydrogen (secondary N) is 3. The molecule has 0 bridgehead atoms. The van der Waals surface area contributed by atoms with E-state index in [2.05, 4.69) is 20.8 Å². The summed E-state index contributed by atoms with van der Waals surface area (Å²) in [5.74, 6) is 1.18. The molecule has 2 heterocycles. The van der Waals surface area contributed by atoms with Gasteiger partial charge < -0.3 is 15.4 Å². The zero-order chi connectivity index (χ0) is 21.3. The van der Waals surface area contributed by atoms with Crippen molar-refractivity contribution in [2.24, 2.45) is 0 Å². The minimum Gasteiger partial charge on any atom is -0.446 e. The van der Waals surface area contributed by atoms with Crippen molar-refractivity contribution in [1.29, 1.82) is 0 Å². The Labute approximate surface area is 176 Å². The van der Waals surface area contributed by atoms with Gasteiger partial charge in [-0.25, -0.2) is 13.2 Å². The number of hydrogen-bond donors (Lipinski definition) is 3. The van der Waals surface area contributed by atoms with Gasteiger partial charge in [0.15, 0.2) is 15.7 Å². The maximum absolute atomic E-state index is 12.0. The number of anilines is 2. The zero-order valence-electron chi connectivity index (χ0n) is 17.3. The Kier molecular flexibility index (Phi) is 5.73. The van der Waals surface area contributed by atoms with Gasteiger partial charge in [0.05, 0.1) is 11.5 Å². The van der Waals surface area contributed by atoms with E-state index in [1.807, 2.05) is 38.1 Å². The van der Waals surface area contributed by atoms with E-state index in [0.717, 1.165) is 48.2 Å². The molecule has 0 saturated heterocycles. The summed E-state index contributed by atoms with van der Waals surface area (Å²) in [5.41, 5.74) is 3.53. The average molecular weight is 433 g/mol. The Bertz CT molecular complexity index is 1020. The van der Waals surface area contributed by atoms with Gasteiger partial charge in [-0.2, -0.15) is 5.10 Å². The molecule has 1 aliphatic carbocycles. The van der Waals surface area contributed by atoms with Gasteiger partial charge in [-0.05, 0) is 56.7 Å². The summed E-state index contributed by atoms with van der Waals surface area (Å²) in [4.78, 5) is 11.8. The van der Waals surface area contributed by atoms with E-state index >= 15 is 0 Å². The Morgan fingerprint density at radius 3 is 2.70 bits per heavy atom. The molecule has 1 fully saturated rings. The summed E-state index contributed by atoms with van der Waals surface area (Å²) in [6.45, 7) is 3.81. The molecule has 162 valence electrons. The van der Waals surface area contributed by atoms with E-state index in [-0.39, 0.29) is 29.7 Å². The van der Waals surface area contributed by atoms with E-state index in [0.29, 0.717) is 11.7 Å². The maximum Gasteiger partial charge on any atom is 0.407 e. The molecule has 1 aromatic carbocycles. The number of ether oxygens (including phenoxy) is 1. The summed E-state index contributed by atoms with van der Waals surface area (Å²) in [5, 5.41) is 13.5. The van der Waals surface area contributed by atoms with Crippen LogP contribution in [0.2, 0.25) is 0 Å². The zero-order valence-corrected chi connectivity index (χ0v) is 18.1. The van der Waals surface area contributed by atoms with Gasteiger partial charge in [0.25, 0.3) is 0 Å². The first-order valence-corrected chi connectivity index (χ1v) is 12.2. The Balaban J connectivity index is 1.35. The number of alkyl carbamates (subject to hydrolysis) is 1. The summed E-state index contributed by atoms with van der Waals surface area (Å²) in [6.07, 6.45) is 3.08. The summed E-state index contributed by atoms with van der Waals surface area (Å²) >= 11 is 0. The SMILES string of the molecule is CC(C)NC(=O)OC1CCC(c2cc(Nc3cccc4c3CS(=O)(=O)C4)n[nH]2)CC1. The third kappa shape index (κ3) is 4.77. The molecule has 1 amide bonds. The molecule has 0 atom stereocenters. The molecular formula is C21H28N4O4S. The van der Waals surface area contributed by atoms with Crippen molar-refractivity contribution in [2.45, 2.75) is 69.1 Å². The summed E-state index contributed by atoms with van der Waals surface area (Å²) in [7, 11) is -3.06. The largest absolute Gasteiger partial charge is 0.446 e. The van der Waals surface area contributed by atoms with Gasteiger partial charge in [0, 0.05) is 29.4 Å². The van der Waals surface area contributed by atoms with Crippen LogP contribution in [0, 0.1) is 0 Å². The van der Waals surface area contributed by atoms with Crippen molar-refractivity contribution in [3.63, 3.8) is 0 Å². The van der Waals surface area contributed by atoms with Gasteiger partial charge >= 0.3 is 6.09 Å². The lowest BCUT2D eigenvalue weighted by Crippen LogP contribution is -2.34. The number of benzene rings is 1. The fraction of sp³-hybridized carbons (Fsp3) is 0.524. The summed E-state index contributed by atoms with van der Waals surface area (Å²) in [6, 6.07) is 7.67. The molecule has 1 aliphatic heterocycles. The van der Waals surface area contributed by atoms with Crippen molar-refractivity contribution in [2.75, 3.05) is 5.32 Å². The number of carbonyl (C=O) groups is 1. The molecular weight excluding hydrogens is 404 g/mol. The molecule has 30 heavy (non-hydrogen) atoms. The summed E-state index contributed by atoms with van der Waals surface area (Å²) < 4.78 is 29.4. The first kappa shape index (κ1) is 20.7. The number of rotatable bonds is 5. The Morgan fingerprint density at radius 1 is 1.20 bits per heavy atom. The smallest absolute Gasteiger partial charge is 0.407 e. The van der Waals surface area contributed by atoms with Crippen LogP contribution in [-0.4, -0.2) is 36.9 Å². The van der Waals surface area contributed by atoms with Crippen molar-refractivity contribution in [3.05, 3.63) is 41.1 Å². The van der Waals surface area contributed by atoms with Crippen molar-refractivity contribution in [3.8, 4) is 0 Å². The monoisotopic (exact) mass is 432 g/mol. The second-order valence-corrected chi connectivity index (χ2v) is 10.6. The van der Waals surface area contributed by atoms with Crippen LogP contribution in [0.1, 0.15) is 62.3 Å². The van der Waals surface area contributed by atoms with E-state index in [1.165, 1.54) is 0 Å². The lowest BCUT2D eigenvalue weighted by atomic mass is 9.85. The number of H-pyrrole nitrogens is 1. The van der Waals surface area contributed by atoms with Crippen molar-refractivity contribution < 1.29 is 17.9 Å². The molecule has 4 rings (SSSR count). The fourth-order valence-corrected chi connectivity index (χ4v) is 5.85. The molecule has 0 unspecified atom stereocenters. The number of sulfone groups is 1. The van der Waals surface area contributed by atoms with Crippen LogP contribution < -0.4 is 10.6 Å². The van der Waals surface area contributed by atoms with E-state index in [4.69, 9.17) is 4.74 Å². The molecule has 0 radical (unpaired) electrons. The van der Waals surface area contributed by atoms with Crippen LogP contribution >= 0.6 is 0 Å². The highest BCUT2D eigenvalue weighted by atomic mass is 32.2. The molecule has 2 aliphatic rings. The van der Waals surface area contributed by atoms with Crippen LogP contribution in [0.3, 0.4) is 0 Å². The number of aromatic nitrogens is 2. The normalized spacial score (nSPS) is 22.5. The van der Waals surface area contributed by atoms with Crippen LogP contribution in [0.25, 0.3) is 0 Å². The van der Waals surface area contributed by atoms with Crippen LogP contribution in [-0.2, 0) is 26.1 Å². The second-order valence-electron chi connectivity index (χ2n) is 8.49. The van der Waals surface area contributed by atoms with Crippen LogP contribution in [0.4, 0.5) is 16.3 Å². The molecule has 9 heteroatoms. The lowest BCUT2D eigenvalue weighted by Gasteiger charge is -2.27. The number of fused-ring (bicyclic) bond motifs is 1. The Morgan fingerprint density at radius 2 is 1.97 bits per heavy atom. The first-order chi connectivity index (χ1) is 14.3. The molecule has 0 spiro atoms. The minimum absolute atomic E-state index is 0.0469. The van der Waals surface area contributed by atoms with E-state index in [9.17, 15) is 13.2 Å². The van der Waals surface area contributed by atoms with E-state index < -0.39 is 9.84 Å². The number of aromatic amines is 1.